The number of thiophene rings is 1. The third-order valence-electron chi connectivity index (χ3n) is 2.61. The van der Waals surface area contributed by atoms with Crippen LogP contribution in [-0.4, -0.2) is 13.1 Å². The van der Waals surface area contributed by atoms with Crippen molar-refractivity contribution in [3.05, 3.63) is 52.2 Å². The van der Waals surface area contributed by atoms with Crippen LogP contribution < -0.4 is 0 Å². The summed E-state index contributed by atoms with van der Waals surface area (Å²) < 4.78 is 4.67. The molecule has 4 heteroatoms. The van der Waals surface area contributed by atoms with Crippen molar-refractivity contribution >= 4 is 23.0 Å². The van der Waals surface area contributed by atoms with Gasteiger partial charge in [-0.3, -0.25) is 0 Å². The van der Waals surface area contributed by atoms with Crippen molar-refractivity contribution in [2.45, 2.75) is 6.92 Å². The zero-order valence-corrected chi connectivity index (χ0v) is 10.9. The van der Waals surface area contributed by atoms with Crippen LogP contribution in [-0.2, 0) is 4.74 Å². The van der Waals surface area contributed by atoms with Gasteiger partial charge in [-0.1, -0.05) is 12.1 Å². The second kappa shape index (κ2) is 5.03. The number of carbonyl (C=O) groups excluding carboxylic acids is 1. The fraction of sp³-hybridized carbons (Fsp3) is 0.143. The molecular formula is C14H11NO2S. The van der Waals surface area contributed by atoms with E-state index >= 15 is 0 Å². The summed E-state index contributed by atoms with van der Waals surface area (Å²) in [5, 5.41) is 0. The lowest BCUT2D eigenvalue weighted by Crippen LogP contribution is -1.96. The highest BCUT2D eigenvalue weighted by atomic mass is 32.1. The van der Waals surface area contributed by atoms with E-state index in [1.807, 2.05) is 31.2 Å². The molecule has 0 aliphatic heterocycles. The summed E-state index contributed by atoms with van der Waals surface area (Å²) >= 11 is 1.37. The Labute approximate surface area is 109 Å². The van der Waals surface area contributed by atoms with Gasteiger partial charge in [-0.15, -0.1) is 11.3 Å². The van der Waals surface area contributed by atoms with Gasteiger partial charge >= 0.3 is 5.97 Å². The minimum absolute atomic E-state index is 0.330. The van der Waals surface area contributed by atoms with Gasteiger partial charge in [0.15, 0.2) is 5.69 Å². The van der Waals surface area contributed by atoms with Crippen molar-refractivity contribution in [2.24, 2.45) is 0 Å². The molecule has 0 N–H and O–H groups in total. The van der Waals surface area contributed by atoms with Gasteiger partial charge in [-0.2, -0.15) is 0 Å². The molecule has 18 heavy (non-hydrogen) atoms. The first-order valence-corrected chi connectivity index (χ1v) is 6.14. The van der Waals surface area contributed by atoms with E-state index in [1.54, 1.807) is 6.07 Å². The summed E-state index contributed by atoms with van der Waals surface area (Å²) in [6.07, 6.45) is 0. The van der Waals surface area contributed by atoms with Gasteiger partial charge in [0.1, 0.15) is 4.88 Å². The third-order valence-corrected chi connectivity index (χ3v) is 3.72. The lowest BCUT2D eigenvalue weighted by Gasteiger charge is -2.01. The molecule has 0 unspecified atom stereocenters. The number of benzene rings is 1. The minimum atomic E-state index is -0.330. The fourth-order valence-electron chi connectivity index (χ4n) is 1.59. The number of ether oxygens (including phenoxy) is 1. The highest BCUT2D eigenvalue weighted by Crippen LogP contribution is 2.32. The highest BCUT2D eigenvalue weighted by Gasteiger charge is 2.10. The van der Waals surface area contributed by atoms with E-state index in [-0.39, 0.29) is 5.97 Å². The van der Waals surface area contributed by atoms with Crippen molar-refractivity contribution in [3.8, 4) is 10.4 Å². The normalized spacial score (nSPS) is 9.83. The van der Waals surface area contributed by atoms with E-state index in [2.05, 4.69) is 9.58 Å². The highest BCUT2D eigenvalue weighted by molar-refractivity contribution is 7.17. The first-order chi connectivity index (χ1) is 8.65. The smallest absolute Gasteiger partial charge is 0.348 e. The van der Waals surface area contributed by atoms with Crippen LogP contribution in [0, 0.1) is 13.5 Å². The number of aryl methyl sites for hydroxylation is 1. The van der Waals surface area contributed by atoms with Gasteiger partial charge in [0.05, 0.1) is 13.7 Å². The summed E-state index contributed by atoms with van der Waals surface area (Å²) in [4.78, 5) is 16.4. The van der Waals surface area contributed by atoms with E-state index in [0.717, 1.165) is 16.0 Å². The van der Waals surface area contributed by atoms with E-state index < -0.39 is 0 Å². The molecule has 3 nitrogen and oxygen atoms in total. The molecule has 0 bridgehead atoms. The molecule has 2 rings (SSSR count). The van der Waals surface area contributed by atoms with E-state index in [0.29, 0.717) is 10.6 Å². The molecule has 90 valence electrons. The summed E-state index contributed by atoms with van der Waals surface area (Å²) in [6.45, 7) is 9.01. The Kier molecular flexibility index (Phi) is 3.45. The van der Waals surface area contributed by atoms with Crippen LogP contribution in [0.25, 0.3) is 15.3 Å². The van der Waals surface area contributed by atoms with Gasteiger partial charge in [0.25, 0.3) is 0 Å². The molecule has 0 atom stereocenters. The third kappa shape index (κ3) is 2.27. The second-order valence-corrected chi connectivity index (χ2v) is 4.85. The van der Waals surface area contributed by atoms with Crippen molar-refractivity contribution in [1.82, 2.24) is 0 Å². The van der Waals surface area contributed by atoms with E-state index in [4.69, 9.17) is 6.57 Å². The molecule has 1 aromatic carbocycles. The Morgan fingerprint density at radius 1 is 1.33 bits per heavy atom. The largest absolute Gasteiger partial charge is 0.465 e. The number of hydrogen-bond acceptors (Lipinski definition) is 3. The van der Waals surface area contributed by atoms with Crippen LogP contribution >= 0.6 is 11.3 Å². The number of hydrogen-bond donors (Lipinski definition) is 0. The Morgan fingerprint density at radius 3 is 2.78 bits per heavy atom. The van der Waals surface area contributed by atoms with Gasteiger partial charge in [-0.25, -0.2) is 9.64 Å². The summed E-state index contributed by atoms with van der Waals surface area (Å²) in [6, 6.07) is 9.32. The van der Waals surface area contributed by atoms with Crippen molar-refractivity contribution in [3.63, 3.8) is 0 Å². The Morgan fingerprint density at radius 2 is 2.11 bits per heavy atom. The molecule has 1 aromatic heterocycles. The van der Waals surface area contributed by atoms with Crippen LogP contribution in [0.15, 0.2) is 30.3 Å². The summed E-state index contributed by atoms with van der Waals surface area (Å²) in [7, 11) is 1.37. The lowest BCUT2D eigenvalue weighted by atomic mass is 10.1. The standard InChI is InChI=1S/C14H11NO2S/c1-9-4-5-10(8-11(9)15-2)12-6-7-13(18-12)14(16)17-3/h4-8H,1,3H3. The van der Waals surface area contributed by atoms with Gasteiger partial charge in [0.2, 0.25) is 0 Å². The topological polar surface area (TPSA) is 30.7 Å². The molecule has 1 heterocycles. The molecule has 0 spiro atoms. The van der Waals surface area contributed by atoms with Gasteiger partial charge in [-0.05, 0) is 36.2 Å². The van der Waals surface area contributed by atoms with Crippen molar-refractivity contribution < 1.29 is 9.53 Å². The van der Waals surface area contributed by atoms with Gasteiger partial charge < -0.3 is 4.74 Å². The molecule has 2 aromatic rings. The lowest BCUT2D eigenvalue weighted by molar-refractivity contribution is 0.0606. The number of rotatable bonds is 2. The van der Waals surface area contributed by atoms with Crippen LogP contribution in [0.2, 0.25) is 0 Å². The SMILES string of the molecule is [C-]#[N+]c1cc(-c2ccc(C(=O)OC)s2)ccc1C. The molecule has 0 amide bonds. The number of esters is 1. The fourth-order valence-corrected chi connectivity index (χ4v) is 2.51. The quantitative estimate of drug-likeness (QED) is 0.600. The van der Waals surface area contributed by atoms with Crippen LogP contribution in [0.1, 0.15) is 15.2 Å². The molecular weight excluding hydrogens is 246 g/mol. The molecule has 0 aliphatic carbocycles. The Hall–Kier alpha value is -2.12. The average molecular weight is 257 g/mol. The monoisotopic (exact) mass is 257 g/mol. The molecule has 0 aliphatic rings. The maximum atomic E-state index is 11.4. The maximum Gasteiger partial charge on any atom is 0.348 e. The minimum Gasteiger partial charge on any atom is -0.465 e. The first kappa shape index (κ1) is 12.3. The van der Waals surface area contributed by atoms with Crippen molar-refractivity contribution in [2.75, 3.05) is 7.11 Å². The molecule has 0 fully saturated rings. The number of carbonyl (C=O) groups is 1. The molecule has 0 saturated carbocycles. The average Bonchev–Trinajstić information content (AvgIpc) is 2.88. The van der Waals surface area contributed by atoms with Crippen LogP contribution in [0.5, 0.6) is 0 Å². The Bertz CT molecular complexity index is 637. The second-order valence-electron chi connectivity index (χ2n) is 3.77. The Balaban J connectivity index is 2.41. The predicted octanol–water partition coefficient (Wildman–Crippen LogP) is 4.06. The maximum absolute atomic E-state index is 11.4. The van der Waals surface area contributed by atoms with Crippen LogP contribution in [0.3, 0.4) is 0 Å². The van der Waals surface area contributed by atoms with Gasteiger partial charge in [0, 0.05) is 4.88 Å². The number of methoxy groups -OCH3 is 1. The first-order valence-electron chi connectivity index (χ1n) is 5.32. The predicted molar refractivity (Wildman–Crippen MR) is 72.1 cm³/mol. The molecule has 0 radical (unpaired) electrons. The molecule has 0 saturated heterocycles. The summed E-state index contributed by atoms with van der Waals surface area (Å²) in [5.74, 6) is -0.330. The van der Waals surface area contributed by atoms with E-state index in [9.17, 15) is 4.79 Å². The zero-order valence-electron chi connectivity index (χ0n) is 10.1. The zero-order chi connectivity index (χ0) is 13.1. The van der Waals surface area contributed by atoms with E-state index in [1.165, 1.54) is 18.4 Å². The summed E-state index contributed by atoms with van der Waals surface area (Å²) in [5.41, 5.74) is 2.55. The van der Waals surface area contributed by atoms with Crippen LogP contribution in [0.4, 0.5) is 5.69 Å². The number of nitrogens with zero attached hydrogens (tertiary/aromatic N) is 1. The van der Waals surface area contributed by atoms with Crippen molar-refractivity contribution in [1.29, 1.82) is 0 Å².